The Kier molecular flexibility index (Phi) is 12.6. The highest BCUT2D eigenvalue weighted by Gasteiger charge is 2.12. The number of aromatic nitrogens is 3. The van der Waals surface area contributed by atoms with Crippen LogP contribution in [0.15, 0.2) is 91.4 Å². The lowest BCUT2D eigenvalue weighted by Crippen LogP contribution is -2.36. The Hall–Kier alpha value is -3.53. The van der Waals surface area contributed by atoms with Gasteiger partial charge in [-0.25, -0.2) is 0 Å². The molecule has 5 rings (SSSR count). The molecule has 0 aliphatic carbocycles. The van der Waals surface area contributed by atoms with E-state index in [-0.39, 0.29) is 0 Å². The van der Waals surface area contributed by atoms with Crippen molar-refractivity contribution in [3.05, 3.63) is 114 Å². The lowest BCUT2D eigenvalue weighted by molar-refractivity contribution is 0.241. The monoisotopic (exact) mass is 578 g/mol. The number of nitrogens with one attached hydrogen (secondary N) is 3. The fourth-order valence-corrected chi connectivity index (χ4v) is 5.51. The van der Waals surface area contributed by atoms with Gasteiger partial charge < -0.3 is 16.0 Å². The van der Waals surface area contributed by atoms with E-state index in [1.165, 1.54) is 11.1 Å². The van der Waals surface area contributed by atoms with Crippen LogP contribution in [0.2, 0.25) is 0 Å². The number of hydrogen-bond donors (Lipinski definition) is 3. The highest BCUT2D eigenvalue weighted by atomic mass is 15.1. The molecule has 8 heteroatoms. The molecule has 0 spiro atoms. The van der Waals surface area contributed by atoms with Crippen LogP contribution >= 0.6 is 0 Å². The second kappa shape index (κ2) is 17.6. The van der Waals surface area contributed by atoms with Crippen LogP contribution < -0.4 is 16.0 Å². The van der Waals surface area contributed by atoms with Crippen LogP contribution in [0.25, 0.3) is 11.3 Å². The smallest absolute Gasteiger partial charge is 0.0705 e. The van der Waals surface area contributed by atoms with Crippen molar-refractivity contribution < 1.29 is 0 Å². The van der Waals surface area contributed by atoms with Crippen LogP contribution in [0.5, 0.6) is 0 Å². The Labute approximate surface area is 257 Å². The van der Waals surface area contributed by atoms with Crippen LogP contribution in [0.3, 0.4) is 0 Å². The number of pyridine rings is 3. The summed E-state index contributed by atoms with van der Waals surface area (Å²) in [4.78, 5) is 18.9. The van der Waals surface area contributed by atoms with Crippen molar-refractivity contribution in [1.82, 2.24) is 40.7 Å². The van der Waals surface area contributed by atoms with E-state index < -0.39 is 0 Å². The van der Waals surface area contributed by atoms with Gasteiger partial charge in [-0.2, -0.15) is 0 Å². The van der Waals surface area contributed by atoms with Crippen molar-refractivity contribution in [3.63, 3.8) is 0 Å². The average molecular weight is 579 g/mol. The second-order valence-corrected chi connectivity index (χ2v) is 11.3. The van der Waals surface area contributed by atoms with Gasteiger partial charge in [0.2, 0.25) is 0 Å². The zero-order chi connectivity index (χ0) is 29.4. The third-order valence-corrected chi connectivity index (χ3v) is 7.70. The summed E-state index contributed by atoms with van der Waals surface area (Å²) >= 11 is 0. The maximum absolute atomic E-state index is 4.78. The molecule has 0 atom stereocenters. The van der Waals surface area contributed by atoms with Crippen LogP contribution in [-0.2, 0) is 26.2 Å². The van der Waals surface area contributed by atoms with E-state index in [0.717, 1.165) is 114 Å². The highest BCUT2D eigenvalue weighted by molar-refractivity contribution is 5.60. The average Bonchev–Trinajstić information content (AvgIpc) is 3.04. The molecular weight excluding hydrogens is 532 g/mol. The van der Waals surface area contributed by atoms with E-state index in [1.807, 2.05) is 42.9 Å². The van der Waals surface area contributed by atoms with Crippen LogP contribution in [0.4, 0.5) is 0 Å². The summed E-state index contributed by atoms with van der Waals surface area (Å²) in [5.74, 6) is 0. The molecule has 0 amide bonds. The number of hydrogen-bond acceptors (Lipinski definition) is 8. The third-order valence-electron chi connectivity index (χ3n) is 7.70. The van der Waals surface area contributed by atoms with Crippen molar-refractivity contribution in [3.8, 4) is 11.3 Å². The summed E-state index contributed by atoms with van der Waals surface area (Å²) in [5.41, 5.74) is 6.83. The molecule has 3 N–H and O–H groups in total. The molecular formula is C35H46N8. The van der Waals surface area contributed by atoms with Gasteiger partial charge in [-0.05, 0) is 92.6 Å². The van der Waals surface area contributed by atoms with E-state index in [2.05, 4.69) is 84.2 Å². The molecule has 8 nitrogen and oxygen atoms in total. The first-order valence-electron chi connectivity index (χ1n) is 15.7. The summed E-state index contributed by atoms with van der Waals surface area (Å²) in [6.07, 6.45) is 7.97. The first kappa shape index (κ1) is 30.9. The molecule has 1 aromatic carbocycles. The molecule has 43 heavy (non-hydrogen) atoms. The molecule has 0 unspecified atom stereocenters. The minimum Gasteiger partial charge on any atom is -0.315 e. The molecule has 0 saturated carbocycles. The minimum atomic E-state index is 0.752. The van der Waals surface area contributed by atoms with Gasteiger partial charge in [-0.1, -0.05) is 30.3 Å². The Morgan fingerprint density at radius 2 is 1.30 bits per heavy atom. The Balaban J connectivity index is 1.25. The molecule has 1 aliphatic rings. The van der Waals surface area contributed by atoms with Crippen LogP contribution in [0.1, 0.15) is 35.4 Å². The van der Waals surface area contributed by atoms with Crippen LogP contribution in [-0.4, -0.2) is 77.1 Å². The summed E-state index contributed by atoms with van der Waals surface area (Å²) in [6, 6.07) is 25.4. The predicted molar refractivity (Wildman–Crippen MR) is 174 cm³/mol. The third kappa shape index (κ3) is 10.9. The number of nitrogens with zero attached hydrogens (tertiary/aromatic N) is 5. The topological polar surface area (TPSA) is 81.2 Å². The summed E-state index contributed by atoms with van der Waals surface area (Å²) < 4.78 is 0. The fourth-order valence-electron chi connectivity index (χ4n) is 5.51. The van der Waals surface area contributed by atoms with E-state index in [4.69, 9.17) is 4.98 Å². The first-order chi connectivity index (χ1) is 21.3. The van der Waals surface area contributed by atoms with Crippen LogP contribution in [0, 0.1) is 0 Å². The van der Waals surface area contributed by atoms with Crippen molar-refractivity contribution >= 4 is 0 Å². The zero-order valence-corrected chi connectivity index (χ0v) is 25.3. The molecule has 4 aromatic rings. The Bertz CT molecular complexity index is 1280. The standard InChI is InChI=1S/C35H46N8/c1-3-16-39-33(10-1)28-43(29-34-11-2-4-17-40-34)27-31-12-18-41-35(25-31)32-9-5-8-30(24-32)26-42-22-7-15-37-20-19-36-13-6-14-38-21-23-42/h1-5,8-12,16-18,24-25,36-38H,6-7,13-15,19-23,26-29H2. The van der Waals surface area contributed by atoms with Crippen molar-refractivity contribution in [2.24, 2.45) is 0 Å². The highest BCUT2D eigenvalue weighted by Crippen LogP contribution is 2.22. The van der Waals surface area contributed by atoms with Gasteiger partial charge in [0, 0.05) is 76.5 Å². The van der Waals surface area contributed by atoms with Gasteiger partial charge in [0.15, 0.2) is 0 Å². The van der Waals surface area contributed by atoms with Gasteiger partial charge in [0.25, 0.3) is 0 Å². The van der Waals surface area contributed by atoms with E-state index in [1.54, 1.807) is 0 Å². The van der Waals surface area contributed by atoms with Gasteiger partial charge in [-0.15, -0.1) is 0 Å². The van der Waals surface area contributed by atoms with Crippen molar-refractivity contribution in [1.29, 1.82) is 0 Å². The maximum atomic E-state index is 4.78. The minimum absolute atomic E-state index is 0.752. The first-order valence-corrected chi connectivity index (χ1v) is 15.7. The largest absolute Gasteiger partial charge is 0.315 e. The zero-order valence-electron chi connectivity index (χ0n) is 25.3. The molecule has 0 radical (unpaired) electrons. The predicted octanol–water partition coefficient (Wildman–Crippen LogP) is 4.11. The van der Waals surface area contributed by atoms with Gasteiger partial charge >= 0.3 is 0 Å². The summed E-state index contributed by atoms with van der Waals surface area (Å²) in [7, 11) is 0. The fraction of sp³-hybridized carbons (Fsp3) is 0.400. The quantitative estimate of drug-likeness (QED) is 0.274. The van der Waals surface area contributed by atoms with E-state index in [9.17, 15) is 0 Å². The summed E-state index contributed by atoms with van der Waals surface area (Å²) in [5, 5.41) is 10.7. The lowest BCUT2D eigenvalue weighted by atomic mass is 10.1. The van der Waals surface area contributed by atoms with Gasteiger partial charge in [-0.3, -0.25) is 24.8 Å². The molecule has 3 aromatic heterocycles. The lowest BCUT2D eigenvalue weighted by Gasteiger charge is -2.23. The van der Waals surface area contributed by atoms with Gasteiger partial charge in [0.05, 0.1) is 17.1 Å². The Morgan fingerprint density at radius 1 is 0.581 bits per heavy atom. The van der Waals surface area contributed by atoms with Crippen molar-refractivity contribution in [2.75, 3.05) is 52.4 Å². The molecule has 1 aliphatic heterocycles. The SMILES string of the molecule is c1ccc(CN(Cc2ccnc(-c3cccc(CN4CCCNCCNCCCNCC4)c3)c2)Cc2ccccn2)nc1. The normalized spacial score (nSPS) is 16.1. The molecule has 1 saturated heterocycles. The van der Waals surface area contributed by atoms with Gasteiger partial charge in [0.1, 0.15) is 0 Å². The number of rotatable bonds is 9. The van der Waals surface area contributed by atoms with E-state index in [0.29, 0.717) is 0 Å². The Morgan fingerprint density at radius 3 is 2.02 bits per heavy atom. The molecule has 1 fully saturated rings. The summed E-state index contributed by atoms with van der Waals surface area (Å²) in [6.45, 7) is 11.7. The molecule has 4 heterocycles. The number of benzene rings is 1. The second-order valence-electron chi connectivity index (χ2n) is 11.3. The molecule has 226 valence electrons. The van der Waals surface area contributed by atoms with E-state index >= 15 is 0 Å². The maximum Gasteiger partial charge on any atom is 0.0705 e. The van der Waals surface area contributed by atoms with Crippen molar-refractivity contribution in [2.45, 2.75) is 39.0 Å². The molecule has 0 bridgehead atoms.